The Labute approximate surface area is 130 Å². The van der Waals surface area contributed by atoms with Gasteiger partial charge in [0, 0.05) is 11.1 Å². The topological polar surface area (TPSA) is 38.0 Å². The zero-order valence-corrected chi connectivity index (χ0v) is 13.1. The third kappa shape index (κ3) is 2.76. The molecular weight excluding hydrogens is 401 g/mol. The Morgan fingerprint density at radius 1 is 0.950 bits per heavy atom. The van der Waals surface area contributed by atoms with Gasteiger partial charge in [0.25, 0.3) is 0 Å². The van der Waals surface area contributed by atoms with Crippen molar-refractivity contribution >= 4 is 31.9 Å². The fraction of sp³-hybridized carbons (Fsp3) is 0.0769. The van der Waals surface area contributed by atoms with Crippen LogP contribution in [-0.2, 0) is 0 Å². The standard InChI is InChI=1S/C13H9Br2F3N2/c14-7-3-1-2-6(11(7)17)13(20-19)10-9(16)5-4-8(15)12(10)18/h1-5,13,20H,19H2. The van der Waals surface area contributed by atoms with E-state index in [1.807, 2.05) is 0 Å². The molecule has 0 aliphatic rings. The van der Waals surface area contributed by atoms with Crippen molar-refractivity contribution in [2.45, 2.75) is 6.04 Å². The minimum atomic E-state index is -1.15. The van der Waals surface area contributed by atoms with Crippen LogP contribution in [0.5, 0.6) is 0 Å². The van der Waals surface area contributed by atoms with E-state index in [-0.39, 0.29) is 20.1 Å². The number of nitrogens with one attached hydrogen (secondary N) is 1. The molecule has 0 saturated carbocycles. The van der Waals surface area contributed by atoms with Crippen LogP contribution in [0, 0.1) is 17.5 Å². The molecule has 2 aromatic carbocycles. The van der Waals surface area contributed by atoms with Gasteiger partial charge < -0.3 is 0 Å². The normalized spacial score (nSPS) is 12.5. The summed E-state index contributed by atoms with van der Waals surface area (Å²) in [6, 6.07) is 5.62. The van der Waals surface area contributed by atoms with Crippen LogP contribution in [0.15, 0.2) is 39.3 Å². The first-order chi connectivity index (χ1) is 9.47. The Hall–Kier alpha value is -0.890. The van der Waals surface area contributed by atoms with E-state index in [1.165, 1.54) is 18.2 Å². The van der Waals surface area contributed by atoms with E-state index in [4.69, 9.17) is 5.84 Å². The molecule has 3 N–H and O–H groups in total. The molecule has 1 unspecified atom stereocenters. The summed E-state index contributed by atoms with van der Waals surface area (Å²) in [5.74, 6) is 3.09. The predicted molar refractivity (Wildman–Crippen MR) is 77.3 cm³/mol. The lowest BCUT2D eigenvalue weighted by atomic mass is 9.98. The second kappa shape index (κ2) is 6.26. The summed E-state index contributed by atoms with van der Waals surface area (Å²) < 4.78 is 42.3. The lowest BCUT2D eigenvalue weighted by Crippen LogP contribution is -2.31. The lowest BCUT2D eigenvalue weighted by molar-refractivity contribution is 0.492. The molecule has 0 aliphatic carbocycles. The van der Waals surface area contributed by atoms with Crippen LogP contribution in [-0.4, -0.2) is 0 Å². The smallest absolute Gasteiger partial charge is 0.145 e. The van der Waals surface area contributed by atoms with Crippen LogP contribution in [0.4, 0.5) is 13.2 Å². The molecule has 2 aromatic rings. The molecule has 7 heteroatoms. The maximum Gasteiger partial charge on any atom is 0.145 e. The Balaban J connectivity index is 2.65. The molecule has 0 aliphatic heterocycles. The highest BCUT2D eigenvalue weighted by atomic mass is 79.9. The summed E-state index contributed by atoms with van der Waals surface area (Å²) in [6.07, 6.45) is 0. The zero-order chi connectivity index (χ0) is 14.9. The van der Waals surface area contributed by atoms with Crippen molar-refractivity contribution < 1.29 is 13.2 Å². The van der Waals surface area contributed by atoms with Gasteiger partial charge in [0.1, 0.15) is 17.5 Å². The molecule has 2 rings (SSSR count). The molecular formula is C13H9Br2F3N2. The van der Waals surface area contributed by atoms with E-state index in [0.29, 0.717) is 0 Å². The quantitative estimate of drug-likeness (QED) is 0.453. The Kier molecular flexibility index (Phi) is 4.85. The average molecular weight is 410 g/mol. The average Bonchev–Trinajstić information content (AvgIpc) is 2.43. The third-order valence-electron chi connectivity index (χ3n) is 2.83. The van der Waals surface area contributed by atoms with E-state index in [9.17, 15) is 13.2 Å². The molecule has 0 heterocycles. The van der Waals surface area contributed by atoms with Crippen molar-refractivity contribution in [3.05, 3.63) is 67.9 Å². The molecule has 20 heavy (non-hydrogen) atoms. The Morgan fingerprint density at radius 3 is 2.25 bits per heavy atom. The minimum absolute atomic E-state index is 0.0396. The maximum atomic E-state index is 14.1. The summed E-state index contributed by atoms with van der Waals surface area (Å²) >= 11 is 6.00. The zero-order valence-electron chi connectivity index (χ0n) is 9.93. The number of hydrogen-bond donors (Lipinski definition) is 2. The fourth-order valence-electron chi connectivity index (χ4n) is 1.88. The largest absolute Gasteiger partial charge is 0.271 e. The minimum Gasteiger partial charge on any atom is -0.271 e. The van der Waals surface area contributed by atoms with Crippen molar-refractivity contribution in [1.82, 2.24) is 5.43 Å². The highest BCUT2D eigenvalue weighted by Gasteiger charge is 2.25. The summed E-state index contributed by atoms with van der Waals surface area (Å²) in [7, 11) is 0. The number of hydrogen-bond acceptors (Lipinski definition) is 2. The fourth-order valence-corrected chi connectivity index (χ4v) is 2.61. The van der Waals surface area contributed by atoms with Gasteiger partial charge in [-0.15, -0.1) is 0 Å². The monoisotopic (exact) mass is 408 g/mol. The van der Waals surface area contributed by atoms with Gasteiger partial charge in [0.05, 0.1) is 15.0 Å². The molecule has 0 bridgehead atoms. The van der Waals surface area contributed by atoms with Gasteiger partial charge in [0.2, 0.25) is 0 Å². The van der Waals surface area contributed by atoms with Gasteiger partial charge in [-0.05, 0) is 50.1 Å². The van der Waals surface area contributed by atoms with Gasteiger partial charge in [0.15, 0.2) is 0 Å². The van der Waals surface area contributed by atoms with Gasteiger partial charge in [-0.1, -0.05) is 12.1 Å². The van der Waals surface area contributed by atoms with Crippen LogP contribution in [0.3, 0.4) is 0 Å². The second-order valence-corrected chi connectivity index (χ2v) is 5.71. The van der Waals surface area contributed by atoms with Crippen molar-refractivity contribution in [3.63, 3.8) is 0 Å². The molecule has 0 radical (unpaired) electrons. The summed E-state index contributed by atoms with van der Waals surface area (Å²) in [5.41, 5.74) is 1.94. The number of rotatable bonds is 3. The van der Waals surface area contributed by atoms with Crippen molar-refractivity contribution in [1.29, 1.82) is 0 Å². The number of nitrogens with two attached hydrogens (primary N) is 1. The van der Waals surface area contributed by atoms with Crippen molar-refractivity contribution in [3.8, 4) is 0 Å². The van der Waals surface area contributed by atoms with E-state index < -0.39 is 23.5 Å². The van der Waals surface area contributed by atoms with Gasteiger partial charge in [-0.25, -0.2) is 18.6 Å². The van der Waals surface area contributed by atoms with Crippen LogP contribution >= 0.6 is 31.9 Å². The van der Waals surface area contributed by atoms with E-state index in [2.05, 4.69) is 37.3 Å². The van der Waals surface area contributed by atoms with Gasteiger partial charge in [-0.3, -0.25) is 5.84 Å². The first-order valence-corrected chi connectivity index (χ1v) is 7.09. The third-order valence-corrected chi connectivity index (χ3v) is 4.05. The maximum absolute atomic E-state index is 14.1. The Bertz CT molecular complexity index is 650. The van der Waals surface area contributed by atoms with E-state index in [0.717, 1.165) is 6.07 Å². The van der Waals surface area contributed by atoms with Crippen LogP contribution in [0.1, 0.15) is 17.2 Å². The van der Waals surface area contributed by atoms with Crippen molar-refractivity contribution in [2.24, 2.45) is 5.84 Å². The van der Waals surface area contributed by atoms with Crippen LogP contribution in [0.2, 0.25) is 0 Å². The van der Waals surface area contributed by atoms with Crippen LogP contribution in [0.25, 0.3) is 0 Å². The van der Waals surface area contributed by atoms with Crippen LogP contribution < -0.4 is 11.3 Å². The SMILES string of the molecule is NNC(c1cccc(Br)c1F)c1c(F)ccc(Br)c1F. The van der Waals surface area contributed by atoms with Gasteiger partial charge >= 0.3 is 0 Å². The summed E-state index contributed by atoms with van der Waals surface area (Å²) in [4.78, 5) is 0. The lowest BCUT2D eigenvalue weighted by Gasteiger charge is -2.19. The molecule has 0 amide bonds. The molecule has 0 fully saturated rings. The molecule has 0 saturated heterocycles. The summed E-state index contributed by atoms with van der Waals surface area (Å²) in [5, 5.41) is 0. The first-order valence-electron chi connectivity index (χ1n) is 5.50. The molecule has 106 valence electrons. The molecule has 0 aromatic heterocycles. The second-order valence-electron chi connectivity index (χ2n) is 4.00. The predicted octanol–water partition coefficient (Wildman–Crippen LogP) is 4.18. The number of benzene rings is 2. The van der Waals surface area contributed by atoms with E-state index in [1.54, 1.807) is 6.07 Å². The molecule has 2 nitrogen and oxygen atoms in total. The van der Waals surface area contributed by atoms with Gasteiger partial charge in [-0.2, -0.15) is 0 Å². The Morgan fingerprint density at radius 2 is 1.60 bits per heavy atom. The van der Waals surface area contributed by atoms with E-state index >= 15 is 0 Å². The summed E-state index contributed by atoms with van der Waals surface area (Å²) in [6.45, 7) is 0. The number of halogens is 5. The van der Waals surface area contributed by atoms with Crippen molar-refractivity contribution in [2.75, 3.05) is 0 Å². The highest BCUT2D eigenvalue weighted by Crippen LogP contribution is 2.33. The highest BCUT2D eigenvalue weighted by molar-refractivity contribution is 9.10. The molecule has 1 atom stereocenters. The molecule has 0 spiro atoms. The first kappa shape index (κ1) is 15.5. The number of hydrazine groups is 1.